The van der Waals surface area contributed by atoms with Gasteiger partial charge in [0, 0.05) is 0 Å². The summed E-state index contributed by atoms with van der Waals surface area (Å²) < 4.78 is 0. The number of carbonyl (C=O) groups is 1. The zero-order valence-electron chi connectivity index (χ0n) is 4.90. The van der Waals surface area contributed by atoms with Crippen molar-refractivity contribution in [2.45, 2.75) is 0 Å². The van der Waals surface area contributed by atoms with Crippen molar-refractivity contribution in [2.24, 2.45) is 0 Å². The van der Waals surface area contributed by atoms with Crippen LogP contribution in [0.25, 0.3) is 0 Å². The van der Waals surface area contributed by atoms with Crippen LogP contribution in [0.15, 0.2) is 6.20 Å². The van der Waals surface area contributed by atoms with Crippen molar-refractivity contribution >= 4 is 11.8 Å². The highest BCUT2D eigenvalue weighted by molar-refractivity contribution is 5.89. The number of nitrogens with two attached hydrogens (primary N) is 1. The number of carboxylic acid groups (broad SMARTS) is 1. The molecular formula is C5H4N3O2. The largest absolute Gasteiger partial charge is 0.476 e. The van der Waals surface area contributed by atoms with Gasteiger partial charge in [-0.3, -0.25) is 0 Å². The number of anilines is 1. The zero-order chi connectivity index (χ0) is 7.56. The Bertz CT molecular complexity index is 261. The Hall–Kier alpha value is -1.65. The zero-order valence-corrected chi connectivity index (χ0v) is 4.90. The third-order valence-electron chi connectivity index (χ3n) is 0.883. The quantitative estimate of drug-likeness (QED) is 0.549. The number of aromatic nitrogens is 2. The van der Waals surface area contributed by atoms with Gasteiger partial charge in [0.2, 0.25) is 0 Å². The number of nitrogens with zero attached hydrogens (tertiary/aromatic N) is 2. The van der Waals surface area contributed by atoms with Crippen LogP contribution in [0.4, 0.5) is 5.82 Å². The topological polar surface area (TPSA) is 89.1 Å². The highest BCUT2D eigenvalue weighted by Crippen LogP contribution is 2.00. The number of carboxylic acids is 1. The van der Waals surface area contributed by atoms with E-state index in [0.717, 1.165) is 0 Å². The summed E-state index contributed by atoms with van der Waals surface area (Å²) in [6.45, 7) is 0. The van der Waals surface area contributed by atoms with E-state index in [1.807, 2.05) is 0 Å². The summed E-state index contributed by atoms with van der Waals surface area (Å²) in [4.78, 5) is 17.1. The molecular weight excluding hydrogens is 134 g/mol. The third kappa shape index (κ3) is 1.02. The van der Waals surface area contributed by atoms with E-state index in [1.54, 1.807) is 0 Å². The molecule has 1 rings (SSSR count). The minimum Gasteiger partial charge on any atom is -0.476 e. The number of hydrogen-bond acceptors (Lipinski definition) is 4. The Balaban J connectivity index is 3.15. The van der Waals surface area contributed by atoms with Gasteiger partial charge in [-0.2, -0.15) is 0 Å². The number of rotatable bonds is 1. The van der Waals surface area contributed by atoms with Crippen molar-refractivity contribution in [3.05, 3.63) is 18.1 Å². The fraction of sp³-hybridized carbons (Fsp3) is 0. The molecule has 1 aromatic heterocycles. The maximum atomic E-state index is 10.2. The molecule has 1 heterocycles. The molecule has 0 aliphatic carbocycles. The molecule has 5 nitrogen and oxygen atoms in total. The third-order valence-corrected chi connectivity index (χ3v) is 0.883. The van der Waals surface area contributed by atoms with Crippen LogP contribution in [0.3, 0.4) is 0 Å². The summed E-state index contributed by atoms with van der Waals surface area (Å²) in [7, 11) is 0. The van der Waals surface area contributed by atoms with E-state index in [-0.39, 0.29) is 11.5 Å². The van der Waals surface area contributed by atoms with E-state index in [1.165, 1.54) is 6.20 Å². The van der Waals surface area contributed by atoms with Gasteiger partial charge >= 0.3 is 5.97 Å². The second-order valence-corrected chi connectivity index (χ2v) is 1.54. The van der Waals surface area contributed by atoms with Gasteiger partial charge in [-0.05, 0) is 0 Å². The minimum absolute atomic E-state index is 0.0914. The van der Waals surface area contributed by atoms with Crippen LogP contribution >= 0.6 is 0 Å². The maximum absolute atomic E-state index is 10.2. The molecule has 1 radical (unpaired) electrons. The Morgan fingerprint density at radius 2 is 2.50 bits per heavy atom. The standard InChI is InChI=1S/C5H4N3O2/c6-4-3(5(9)10)7-1-2-8-4/h2H,(H2,6,8)(H,9,10). The van der Waals surface area contributed by atoms with Crippen molar-refractivity contribution in [2.75, 3.05) is 5.73 Å². The van der Waals surface area contributed by atoms with Crippen LogP contribution in [0.1, 0.15) is 10.5 Å². The predicted octanol–water partition coefficient (Wildman–Crippen LogP) is -0.443. The molecule has 0 aliphatic heterocycles. The molecule has 3 N–H and O–H groups in total. The van der Waals surface area contributed by atoms with Gasteiger partial charge in [0.1, 0.15) is 6.20 Å². The minimum atomic E-state index is -1.19. The van der Waals surface area contributed by atoms with E-state index < -0.39 is 5.97 Å². The van der Waals surface area contributed by atoms with E-state index >= 15 is 0 Å². The summed E-state index contributed by atoms with van der Waals surface area (Å²) in [6.07, 6.45) is 3.47. The smallest absolute Gasteiger partial charge is 0.358 e. The Kier molecular flexibility index (Phi) is 1.49. The van der Waals surface area contributed by atoms with Gasteiger partial charge in [-0.1, -0.05) is 0 Å². The predicted molar refractivity (Wildman–Crippen MR) is 32.2 cm³/mol. The molecule has 0 spiro atoms. The summed E-state index contributed by atoms with van der Waals surface area (Å²) in [5.74, 6) is -1.28. The monoisotopic (exact) mass is 138 g/mol. The van der Waals surface area contributed by atoms with Gasteiger partial charge < -0.3 is 10.8 Å². The van der Waals surface area contributed by atoms with E-state index in [4.69, 9.17) is 10.8 Å². The molecule has 0 saturated carbocycles. The normalized spacial score (nSPS) is 9.20. The summed E-state index contributed by atoms with van der Waals surface area (Å²) >= 11 is 0. The average Bonchev–Trinajstić information content (AvgIpc) is 1.88. The second-order valence-electron chi connectivity index (χ2n) is 1.54. The first-order chi connectivity index (χ1) is 4.72. The molecule has 0 aromatic carbocycles. The van der Waals surface area contributed by atoms with Gasteiger partial charge in [-0.25, -0.2) is 14.8 Å². The lowest BCUT2D eigenvalue weighted by atomic mass is 10.4. The fourth-order valence-corrected chi connectivity index (χ4v) is 0.468. The summed E-state index contributed by atoms with van der Waals surface area (Å²) in [6, 6.07) is 0. The Morgan fingerprint density at radius 1 is 1.80 bits per heavy atom. The van der Waals surface area contributed by atoms with Crippen LogP contribution in [-0.2, 0) is 0 Å². The molecule has 0 unspecified atom stereocenters. The lowest BCUT2D eigenvalue weighted by molar-refractivity contribution is 0.0691. The molecule has 1 aromatic rings. The van der Waals surface area contributed by atoms with Gasteiger partial charge in [-0.15, -0.1) is 0 Å². The first kappa shape index (κ1) is 6.47. The number of nitrogen functional groups attached to an aromatic ring is 1. The highest BCUT2D eigenvalue weighted by atomic mass is 16.4. The molecule has 0 amide bonds. The number of hydrogen-bond donors (Lipinski definition) is 2. The first-order valence-corrected chi connectivity index (χ1v) is 2.43. The van der Waals surface area contributed by atoms with Gasteiger partial charge in [0.25, 0.3) is 0 Å². The molecule has 0 fully saturated rings. The van der Waals surface area contributed by atoms with Crippen molar-refractivity contribution in [3.8, 4) is 0 Å². The average molecular weight is 138 g/mol. The second kappa shape index (κ2) is 2.30. The van der Waals surface area contributed by atoms with Crippen LogP contribution in [0.2, 0.25) is 0 Å². The van der Waals surface area contributed by atoms with Crippen molar-refractivity contribution in [1.29, 1.82) is 0 Å². The van der Waals surface area contributed by atoms with Gasteiger partial charge in [0.05, 0.1) is 6.20 Å². The van der Waals surface area contributed by atoms with E-state index in [0.29, 0.717) is 0 Å². The fourth-order valence-electron chi connectivity index (χ4n) is 0.468. The first-order valence-electron chi connectivity index (χ1n) is 2.43. The summed E-state index contributed by atoms with van der Waals surface area (Å²) in [5.41, 5.74) is 4.89. The SMILES string of the molecule is Nc1nc[c]nc1C(=O)O. The maximum Gasteiger partial charge on any atom is 0.358 e. The van der Waals surface area contributed by atoms with Crippen LogP contribution in [-0.4, -0.2) is 21.0 Å². The van der Waals surface area contributed by atoms with E-state index in [9.17, 15) is 4.79 Å². The lowest BCUT2D eigenvalue weighted by Gasteiger charge is -1.93. The van der Waals surface area contributed by atoms with Crippen molar-refractivity contribution < 1.29 is 9.90 Å². The lowest BCUT2D eigenvalue weighted by Crippen LogP contribution is -2.06. The van der Waals surface area contributed by atoms with Crippen molar-refractivity contribution in [3.63, 3.8) is 0 Å². The molecule has 0 atom stereocenters. The number of aromatic carboxylic acids is 1. The Morgan fingerprint density at radius 3 is 2.90 bits per heavy atom. The van der Waals surface area contributed by atoms with Gasteiger partial charge in [0.15, 0.2) is 11.5 Å². The van der Waals surface area contributed by atoms with Crippen LogP contribution < -0.4 is 5.73 Å². The molecule has 5 heteroatoms. The molecule has 10 heavy (non-hydrogen) atoms. The molecule has 0 bridgehead atoms. The summed E-state index contributed by atoms with van der Waals surface area (Å²) in [5, 5.41) is 8.36. The molecule has 0 saturated heterocycles. The van der Waals surface area contributed by atoms with Crippen molar-refractivity contribution in [1.82, 2.24) is 9.97 Å². The van der Waals surface area contributed by atoms with Crippen LogP contribution in [0, 0.1) is 6.20 Å². The van der Waals surface area contributed by atoms with E-state index in [2.05, 4.69) is 16.2 Å². The Labute approximate surface area is 56.5 Å². The molecule has 0 aliphatic rings. The molecule has 51 valence electrons. The van der Waals surface area contributed by atoms with Crippen LogP contribution in [0.5, 0.6) is 0 Å². The highest BCUT2D eigenvalue weighted by Gasteiger charge is 2.08.